The quantitative estimate of drug-likeness (QED) is 0.880. The van der Waals surface area contributed by atoms with Crippen LogP contribution >= 0.6 is 0 Å². The number of hydrogen-bond donors (Lipinski definition) is 1. The summed E-state index contributed by atoms with van der Waals surface area (Å²) in [6.07, 6.45) is 1.93. The van der Waals surface area contributed by atoms with E-state index in [4.69, 9.17) is 0 Å². The summed E-state index contributed by atoms with van der Waals surface area (Å²) < 4.78 is 0. The van der Waals surface area contributed by atoms with E-state index in [2.05, 4.69) is 31.3 Å². The van der Waals surface area contributed by atoms with Crippen molar-refractivity contribution in [2.45, 2.75) is 39.7 Å². The topological polar surface area (TPSA) is 29.1 Å². The van der Waals surface area contributed by atoms with Gasteiger partial charge in [0.15, 0.2) is 0 Å². The van der Waals surface area contributed by atoms with Crippen LogP contribution in [0, 0.1) is 13.8 Å². The van der Waals surface area contributed by atoms with E-state index in [0.717, 1.165) is 24.0 Å². The van der Waals surface area contributed by atoms with Crippen molar-refractivity contribution >= 4 is 5.91 Å². The van der Waals surface area contributed by atoms with Crippen molar-refractivity contribution in [3.05, 3.63) is 70.8 Å². The molecule has 2 heteroatoms. The van der Waals surface area contributed by atoms with E-state index in [1.807, 2.05) is 43.3 Å². The van der Waals surface area contributed by atoms with Crippen LogP contribution in [0.2, 0.25) is 0 Å². The molecule has 0 aromatic heterocycles. The highest BCUT2D eigenvalue weighted by Crippen LogP contribution is 2.11. The molecule has 110 valence electrons. The Morgan fingerprint density at radius 2 is 1.76 bits per heavy atom. The number of benzene rings is 2. The Morgan fingerprint density at radius 1 is 1.05 bits per heavy atom. The maximum absolute atomic E-state index is 12.2. The molecule has 2 rings (SSSR count). The van der Waals surface area contributed by atoms with Crippen molar-refractivity contribution in [2.75, 3.05) is 0 Å². The predicted molar refractivity (Wildman–Crippen MR) is 87.6 cm³/mol. The van der Waals surface area contributed by atoms with Gasteiger partial charge in [0.1, 0.15) is 0 Å². The maximum atomic E-state index is 12.2. The van der Waals surface area contributed by atoms with Crippen LogP contribution in [0.3, 0.4) is 0 Å². The molecule has 0 aliphatic rings. The van der Waals surface area contributed by atoms with Crippen LogP contribution < -0.4 is 5.32 Å². The first-order valence-electron chi connectivity index (χ1n) is 7.48. The molecule has 0 aliphatic carbocycles. The monoisotopic (exact) mass is 281 g/mol. The highest BCUT2D eigenvalue weighted by molar-refractivity contribution is 5.94. The fraction of sp³-hybridized carbons (Fsp3) is 0.316. The molecule has 1 unspecified atom stereocenters. The van der Waals surface area contributed by atoms with Crippen LogP contribution in [0.4, 0.5) is 0 Å². The van der Waals surface area contributed by atoms with Crippen molar-refractivity contribution in [2.24, 2.45) is 0 Å². The van der Waals surface area contributed by atoms with Crippen LogP contribution in [0.5, 0.6) is 0 Å². The molecule has 2 nitrogen and oxygen atoms in total. The van der Waals surface area contributed by atoms with Crippen LogP contribution in [-0.2, 0) is 6.42 Å². The zero-order valence-electron chi connectivity index (χ0n) is 13.0. The van der Waals surface area contributed by atoms with Crippen molar-refractivity contribution in [1.82, 2.24) is 5.32 Å². The molecule has 0 bridgehead atoms. The third kappa shape index (κ3) is 4.45. The molecule has 2 aromatic carbocycles. The summed E-state index contributed by atoms with van der Waals surface area (Å²) in [6, 6.07) is 16.4. The Morgan fingerprint density at radius 3 is 2.43 bits per heavy atom. The standard InChI is InChI=1S/C19H23NO/c1-14-9-12-18(13-15(14)2)19(21)20-16(3)10-11-17-7-5-4-6-8-17/h4-9,12-13,16H,10-11H2,1-3H3,(H,20,21). The van der Waals surface area contributed by atoms with Gasteiger partial charge in [0.05, 0.1) is 0 Å². The Bertz CT molecular complexity index is 604. The molecule has 0 radical (unpaired) electrons. The second-order valence-electron chi connectivity index (χ2n) is 5.70. The zero-order valence-corrected chi connectivity index (χ0v) is 13.0. The molecule has 0 spiro atoms. The number of carbonyl (C=O) groups excluding carboxylic acids is 1. The van der Waals surface area contributed by atoms with Crippen LogP contribution in [0.25, 0.3) is 0 Å². The fourth-order valence-corrected chi connectivity index (χ4v) is 2.29. The Balaban J connectivity index is 1.88. The van der Waals surface area contributed by atoms with E-state index >= 15 is 0 Å². The van der Waals surface area contributed by atoms with Crippen molar-refractivity contribution < 1.29 is 4.79 Å². The van der Waals surface area contributed by atoms with Crippen molar-refractivity contribution in [1.29, 1.82) is 0 Å². The molecule has 0 aliphatic heterocycles. The third-order valence-electron chi connectivity index (χ3n) is 3.86. The number of nitrogens with one attached hydrogen (secondary N) is 1. The first-order chi connectivity index (χ1) is 10.1. The predicted octanol–water partition coefficient (Wildman–Crippen LogP) is 4.05. The summed E-state index contributed by atoms with van der Waals surface area (Å²) in [6.45, 7) is 6.15. The average molecular weight is 281 g/mol. The number of hydrogen-bond acceptors (Lipinski definition) is 1. The molecular weight excluding hydrogens is 258 g/mol. The van der Waals surface area contributed by atoms with Crippen LogP contribution in [0.15, 0.2) is 48.5 Å². The second-order valence-corrected chi connectivity index (χ2v) is 5.70. The Kier molecular flexibility index (Phi) is 5.15. The first kappa shape index (κ1) is 15.3. The molecule has 0 fully saturated rings. The van der Waals surface area contributed by atoms with Gasteiger partial charge in [-0.2, -0.15) is 0 Å². The minimum Gasteiger partial charge on any atom is -0.350 e. The highest BCUT2D eigenvalue weighted by Gasteiger charge is 2.10. The van der Waals surface area contributed by atoms with E-state index < -0.39 is 0 Å². The van der Waals surface area contributed by atoms with Gasteiger partial charge in [0, 0.05) is 11.6 Å². The summed E-state index contributed by atoms with van der Waals surface area (Å²) in [5, 5.41) is 3.07. The average Bonchev–Trinajstić information content (AvgIpc) is 2.49. The van der Waals surface area contributed by atoms with Gasteiger partial charge in [0.2, 0.25) is 0 Å². The Hall–Kier alpha value is -2.09. The fourth-order valence-electron chi connectivity index (χ4n) is 2.29. The van der Waals surface area contributed by atoms with Gasteiger partial charge in [-0.1, -0.05) is 36.4 Å². The normalized spacial score (nSPS) is 12.0. The number of aryl methyl sites for hydroxylation is 3. The second kappa shape index (κ2) is 7.07. The molecule has 0 saturated heterocycles. The smallest absolute Gasteiger partial charge is 0.251 e. The minimum absolute atomic E-state index is 0.0126. The number of amides is 1. The molecule has 1 amide bonds. The molecular formula is C19H23NO. The first-order valence-corrected chi connectivity index (χ1v) is 7.48. The summed E-state index contributed by atoms with van der Waals surface area (Å²) in [5.74, 6) is 0.0126. The van der Waals surface area contributed by atoms with E-state index in [-0.39, 0.29) is 11.9 Å². The van der Waals surface area contributed by atoms with Gasteiger partial charge in [-0.05, 0) is 62.4 Å². The van der Waals surface area contributed by atoms with Gasteiger partial charge in [-0.25, -0.2) is 0 Å². The van der Waals surface area contributed by atoms with Gasteiger partial charge in [-0.3, -0.25) is 4.79 Å². The molecule has 0 heterocycles. The number of carbonyl (C=O) groups is 1. The lowest BCUT2D eigenvalue weighted by Crippen LogP contribution is -2.32. The van der Waals surface area contributed by atoms with Crippen molar-refractivity contribution in [3.63, 3.8) is 0 Å². The molecule has 0 saturated carbocycles. The van der Waals surface area contributed by atoms with E-state index in [1.165, 1.54) is 11.1 Å². The van der Waals surface area contributed by atoms with Crippen LogP contribution in [-0.4, -0.2) is 11.9 Å². The van der Waals surface area contributed by atoms with E-state index in [1.54, 1.807) is 0 Å². The van der Waals surface area contributed by atoms with E-state index in [9.17, 15) is 4.79 Å². The van der Waals surface area contributed by atoms with E-state index in [0.29, 0.717) is 0 Å². The Labute approximate surface area is 127 Å². The highest BCUT2D eigenvalue weighted by atomic mass is 16.1. The van der Waals surface area contributed by atoms with Crippen molar-refractivity contribution in [3.8, 4) is 0 Å². The van der Waals surface area contributed by atoms with Crippen LogP contribution in [0.1, 0.15) is 40.4 Å². The third-order valence-corrected chi connectivity index (χ3v) is 3.86. The number of rotatable bonds is 5. The largest absolute Gasteiger partial charge is 0.350 e. The van der Waals surface area contributed by atoms with Gasteiger partial charge < -0.3 is 5.32 Å². The zero-order chi connectivity index (χ0) is 15.2. The van der Waals surface area contributed by atoms with Gasteiger partial charge in [0.25, 0.3) is 5.91 Å². The maximum Gasteiger partial charge on any atom is 0.251 e. The minimum atomic E-state index is 0.0126. The van der Waals surface area contributed by atoms with Gasteiger partial charge in [-0.15, -0.1) is 0 Å². The summed E-state index contributed by atoms with van der Waals surface area (Å²) >= 11 is 0. The van der Waals surface area contributed by atoms with Gasteiger partial charge >= 0.3 is 0 Å². The lowest BCUT2D eigenvalue weighted by Gasteiger charge is -2.14. The molecule has 2 aromatic rings. The molecule has 1 N–H and O–H groups in total. The lowest BCUT2D eigenvalue weighted by atomic mass is 10.0. The lowest BCUT2D eigenvalue weighted by molar-refractivity contribution is 0.0938. The summed E-state index contributed by atoms with van der Waals surface area (Å²) in [5.41, 5.74) is 4.41. The molecule has 21 heavy (non-hydrogen) atoms. The summed E-state index contributed by atoms with van der Waals surface area (Å²) in [4.78, 5) is 12.2. The molecule has 1 atom stereocenters. The summed E-state index contributed by atoms with van der Waals surface area (Å²) in [7, 11) is 0. The SMILES string of the molecule is Cc1ccc(C(=O)NC(C)CCc2ccccc2)cc1C.